The minimum Gasteiger partial charge on any atom is -0.481 e. The SMILES string of the molecule is COc1ncc(-c2ccc(C(=O)O)cc2C)cc1-c1ccc(C(F)(F)F)cc1CC1=NO[C@H](c2ccnc(C(F)(F)F)c2)C1. The molecule has 228 valence electrons. The largest absolute Gasteiger partial charge is 0.481 e. The summed E-state index contributed by atoms with van der Waals surface area (Å²) >= 11 is 0. The number of benzene rings is 2. The summed E-state index contributed by atoms with van der Waals surface area (Å²) in [6.45, 7) is 1.73. The summed E-state index contributed by atoms with van der Waals surface area (Å²) in [5, 5.41) is 13.3. The van der Waals surface area contributed by atoms with E-state index < -0.39 is 35.7 Å². The fraction of sp³-hybridized carbons (Fsp3) is 0.226. The molecule has 0 spiro atoms. The van der Waals surface area contributed by atoms with Crippen molar-refractivity contribution in [1.82, 2.24) is 9.97 Å². The van der Waals surface area contributed by atoms with E-state index in [0.717, 1.165) is 24.4 Å². The lowest BCUT2D eigenvalue weighted by molar-refractivity contribution is -0.141. The molecule has 3 heterocycles. The Morgan fingerprint density at radius 1 is 0.955 bits per heavy atom. The number of hydrogen-bond acceptors (Lipinski definition) is 6. The average Bonchev–Trinajstić information content (AvgIpc) is 3.44. The molecule has 13 heteroatoms. The molecule has 0 saturated heterocycles. The average molecular weight is 616 g/mol. The van der Waals surface area contributed by atoms with Crippen molar-refractivity contribution >= 4 is 11.7 Å². The van der Waals surface area contributed by atoms with E-state index in [1.807, 2.05) is 0 Å². The van der Waals surface area contributed by atoms with Crippen LogP contribution >= 0.6 is 0 Å². The molecule has 1 aliphatic rings. The lowest BCUT2D eigenvalue weighted by Crippen LogP contribution is -2.11. The van der Waals surface area contributed by atoms with E-state index in [1.54, 1.807) is 19.1 Å². The fourth-order valence-electron chi connectivity index (χ4n) is 4.99. The number of carbonyl (C=O) groups is 1. The number of nitrogens with zero attached hydrogens (tertiary/aromatic N) is 3. The third-order valence-electron chi connectivity index (χ3n) is 7.12. The summed E-state index contributed by atoms with van der Waals surface area (Å²) in [6.07, 6.45) is -7.73. The molecule has 5 rings (SSSR count). The second-order valence-electron chi connectivity index (χ2n) is 10.1. The van der Waals surface area contributed by atoms with Gasteiger partial charge < -0.3 is 14.7 Å². The Labute approximate surface area is 246 Å². The lowest BCUT2D eigenvalue weighted by Gasteiger charge is -2.17. The van der Waals surface area contributed by atoms with E-state index in [2.05, 4.69) is 15.1 Å². The van der Waals surface area contributed by atoms with Gasteiger partial charge in [0.05, 0.1) is 23.9 Å². The predicted molar refractivity (Wildman–Crippen MR) is 147 cm³/mol. The van der Waals surface area contributed by atoms with E-state index in [4.69, 9.17) is 9.57 Å². The molecule has 2 aromatic carbocycles. The minimum atomic E-state index is -4.66. The van der Waals surface area contributed by atoms with Crippen LogP contribution in [0.15, 0.2) is 72.1 Å². The second-order valence-corrected chi connectivity index (χ2v) is 10.1. The number of oxime groups is 1. The summed E-state index contributed by atoms with van der Waals surface area (Å²) in [7, 11) is 1.37. The molecule has 44 heavy (non-hydrogen) atoms. The van der Waals surface area contributed by atoms with E-state index in [9.17, 15) is 36.2 Å². The molecule has 0 radical (unpaired) electrons. The first-order valence-electron chi connectivity index (χ1n) is 13.1. The molecule has 1 N–H and O–H groups in total. The second kappa shape index (κ2) is 11.6. The van der Waals surface area contributed by atoms with Gasteiger partial charge in [-0.1, -0.05) is 17.3 Å². The third kappa shape index (κ3) is 6.36. The highest BCUT2D eigenvalue weighted by Gasteiger charge is 2.35. The number of halogens is 6. The number of carboxylic acids is 1. The molecule has 1 atom stereocenters. The van der Waals surface area contributed by atoms with Crippen LogP contribution in [-0.2, 0) is 23.6 Å². The van der Waals surface area contributed by atoms with Crippen molar-refractivity contribution in [3.8, 4) is 28.1 Å². The summed E-state index contributed by atoms with van der Waals surface area (Å²) in [4.78, 5) is 24.5. The number of aryl methyl sites for hydroxylation is 1. The van der Waals surface area contributed by atoms with Crippen molar-refractivity contribution in [3.05, 3.63) is 101 Å². The minimum absolute atomic E-state index is 0.0432. The topological polar surface area (TPSA) is 93.9 Å². The van der Waals surface area contributed by atoms with Crippen LogP contribution in [0, 0.1) is 6.92 Å². The Morgan fingerprint density at radius 3 is 2.36 bits per heavy atom. The highest BCUT2D eigenvalue weighted by Crippen LogP contribution is 2.40. The molecule has 7 nitrogen and oxygen atoms in total. The number of carboxylic acid groups (broad SMARTS) is 1. The highest BCUT2D eigenvalue weighted by atomic mass is 19.4. The molecule has 0 aliphatic carbocycles. The van der Waals surface area contributed by atoms with Crippen LogP contribution in [0.2, 0.25) is 0 Å². The number of rotatable bonds is 7. The third-order valence-corrected chi connectivity index (χ3v) is 7.12. The van der Waals surface area contributed by atoms with Crippen molar-refractivity contribution in [2.45, 2.75) is 38.2 Å². The molecular formula is C31H23F6N3O4. The van der Waals surface area contributed by atoms with Crippen molar-refractivity contribution < 1.29 is 45.8 Å². The van der Waals surface area contributed by atoms with Gasteiger partial charge >= 0.3 is 18.3 Å². The Hall–Kier alpha value is -4.94. The normalized spacial score (nSPS) is 15.1. The zero-order chi connectivity index (χ0) is 31.8. The molecule has 1 aliphatic heterocycles. The number of aromatic carboxylic acids is 1. The Bertz CT molecular complexity index is 1770. The van der Waals surface area contributed by atoms with Gasteiger partial charge in [-0.2, -0.15) is 26.3 Å². The van der Waals surface area contributed by atoms with Crippen LogP contribution in [0.25, 0.3) is 22.3 Å². The summed E-state index contributed by atoms with van der Waals surface area (Å²) in [6, 6.07) is 11.7. The van der Waals surface area contributed by atoms with Crippen LogP contribution in [0.3, 0.4) is 0 Å². The van der Waals surface area contributed by atoms with Gasteiger partial charge in [0, 0.05) is 36.4 Å². The smallest absolute Gasteiger partial charge is 0.433 e. The van der Waals surface area contributed by atoms with Gasteiger partial charge in [-0.15, -0.1) is 0 Å². The summed E-state index contributed by atoms with van der Waals surface area (Å²) < 4.78 is 86.2. The number of pyridine rings is 2. The molecule has 0 bridgehead atoms. The van der Waals surface area contributed by atoms with Crippen LogP contribution in [-0.4, -0.2) is 33.9 Å². The fourth-order valence-corrected chi connectivity index (χ4v) is 4.99. The molecule has 0 fully saturated rings. The quantitative estimate of drug-likeness (QED) is 0.212. The zero-order valence-electron chi connectivity index (χ0n) is 23.1. The van der Waals surface area contributed by atoms with Crippen LogP contribution < -0.4 is 4.74 Å². The van der Waals surface area contributed by atoms with E-state index in [-0.39, 0.29) is 35.4 Å². The molecule has 4 aromatic rings. The molecule has 0 unspecified atom stereocenters. The van der Waals surface area contributed by atoms with E-state index >= 15 is 0 Å². The van der Waals surface area contributed by atoms with E-state index in [0.29, 0.717) is 33.5 Å². The first kappa shape index (κ1) is 30.5. The highest BCUT2D eigenvalue weighted by molar-refractivity contribution is 5.91. The lowest BCUT2D eigenvalue weighted by atomic mass is 9.91. The Kier molecular flexibility index (Phi) is 8.06. The van der Waals surface area contributed by atoms with Gasteiger partial charge in [-0.05, 0) is 77.2 Å². The zero-order valence-corrected chi connectivity index (χ0v) is 23.1. The predicted octanol–water partition coefficient (Wildman–Crippen LogP) is 7.92. The monoisotopic (exact) mass is 615 g/mol. The van der Waals surface area contributed by atoms with E-state index in [1.165, 1.54) is 37.6 Å². The number of aromatic nitrogens is 2. The van der Waals surface area contributed by atoms with Crippen LogP contribution in [0.1, 0.15) is 50.8 Å². The molecule has 2 aromatic heterocycles. The number of methoxy groups -OCH3 is 1. The molecule has 0 amide bonds. The number of hydrogen-bond donors (Lipinski definition) is 1. The van der Waals surface area contributed by atoms with Crippen molar-refractivity contribution in [3.63, 3.8) is 0 Å². The Morgan fingerprint density at radius 2 is 1.70 bits per heavy atom. The Balaban J connectivity index is 1.52. The maximum absolute atomic E-state index is 13.8. The molecule has 0 saturated carbocycles. The summed E-state index contributed by atoms with van der Waals surface area (Å²) in [5.74, 6) is -0.957. The van der Waals surface area contributed by atoms with Crippen molar-refractivity contribution in [1.29, 1.82) is 0 Å². The van der Waals surface area contributed by atoms with Crippen molar-refractivity contribution in [2.75, 3.05) is 7.11 Å². The number of alkyl halides is 6. The van der Waals surface area contributed by atoms with Crippen LogP contribution in [0.5, 0.6) is 5.88 Å². The van der Waals surface area contributed by atoms with Gasteiger partial charge in [0.2, 0.25) is 5.88 Å². The van der Waals surface area contributed by atoms with Gasteiger partial charge in [-0.25, -0.2) is 9.78 Å². The maximum Gasteiger partial charge on any atom is 0.433 e. The van der Waals surface area contributed by atoms with Gasteiger partial charge in [-0.3, -0.25) is 4.98 Å². The number of ether oxygens (including phenoxy) is 1. The van der Waals surface area contributed by atoms with Crippen LogP contribution in [0.4, 0.5) is 26.3 Å². The first-order valence-corrected chi connectivity index (χ1v) is 13.1. The van der Waals surface area contributed by atoms with Gasteiger partial charge in [0.15, 0.2) is 6.10 Å². The van der Waals surface area contributed by atoms with Gasteiger partial charge in [0.1, 0.15) is 5.69 Å². The summed E-state index contributed by atoms with van der Waals surface area (Å²) in [5.41, 5.74) is 1.41. The standard InChI is InChI=1S/C31H23F6N3O4/c1-16-9-18(29(41)42)3-5-23(16)20-12-25(28(43-2)39-15-20)24-6-4-21(30(32,33)34)10-19(24)11-22-14-26(44-40-22)17-7-8-38-27(13-17)31(35,36)37/h3-10,12-13,15,26H,11,14H2,1-2H3,(H,41,42)/t26-/m0/s1. The van der Waals surface area contributed by atoms with Gasteiger partial charge in [0.25, 0.3) is 0 Å². The molecular weight excluding hydrogens is 592 g/mol. The maximum atomic E-state index is 13.8. The van der Waals surface area contributed by atoms with Crippen molar-refractivity contribution in [2.24, 2.45) is 5.16 Å². The first-order chi connectivity index (χ1) is 20.7.